The van der Waals surface area contributed by atoms with Gasteiger partial charge >= 0.3 is 0 Å². The largest absolute Gasteiger partial charge is 0.437 e. The molecule has 0 saturated carbocycles. The standard InChI is InChI=1S/C15H9BrClNO/c16-11-3-1-2-10(8-11)4-7-15-18-13-9-12(17)5-6-14(13)19-15/h1-9H/b7-4+. The smallest absolute Gasteiger partial charge is 0.220 e. The van der Waals surface area contributed by atoms with Gasteiger partial charge < -0.3 is 4.42 Å². The Labute approximate surface area is 123 Å². The van der Waals surface area contributed by atoms with Crippen molar-refractivity contribution in [3.8, 4) is 0 Å². The molecular formula is C15H9BrClNO. The Balaban J connectivity index is 1.92. The van der Waals surface area contributed by atoms with Crippen molar-refractivity contribution >= 4 is 50.8 Å². The van der Waals surface area contributed by atoms with Crippen LogP contribution >= 0.6 is 27.5 Å². The molecule has 0 atom stereocenters. The molecule has 0 bridgehead atoms. The van der Waals surface area contributed by atoms with E-state index in [4.69, 9.17) is 16.0 Å². The molecule has 0 aliphatic heterocycles. The van der Waals surface area contributed by atoms with E-state index in [0.717, 1.165) is 21.1 Å². The molecule has 0 aliphatic rings. The SMILES string of the molecule is Clc1ccc2oc(/C=C/c3cccc(Br)c3)nc2c1. The lowest BCUT2D eigenvalue weighted by Crippen LogP contribution is -1.73. The summed E-state index contributed by atoms with van der Waals surface area (Å²) < 4.78 is 6.65. The Morgan fingerprint density at radius 3 is 2.84 bits per heavy atom. The highest BCUT2D eigenvalue weighted by Crippen LogP contribution is 2.21. The van der Waals surface area contributed by atoms with Crippen molar-refractivity contribution in [2.75, 3.05) is 0 Å². The van der Waals surface area contributed by atoms with E-state index < -0.39 is 0 Å². The normalized spacial score (nSPS) is 11.5. The van der Waals surface area contributed by atoms with Crippen molar-refractivity contribution in [3.63, 3.8) is 0 Å². The lowest BCUT2D eigenvalue weighted by molar-refractivity contribution is 0.590. The maximum atomic E-state index is 5.91. The van der Waals surface area contributed by atoms with Gasteiger partial charge in [0.2, 0.25) is 5.89 Å². The molecule has 0 unspecified atom stereocenters. The molecule has 3 aromatic rings. The molecule has 1 heterocycles. The minimum absolute atomic E-state index is 0.567. The van der Waals surface area contributed by atoms with Gasteiger partial charge in [-0.3, -0.25) is 0 Å². The third-order valence-corrected chi connectivity index (χ3v) is 3.36. The zero-order chi connectivity index (χ0) is 13.2. The van der Waals surface area contributed by atoms with Crippen LogP contribution in [0.15, 0.2) is 51.4 Å². The van der Waals surface area contributed by atoms with E-state index in [1.54, 1.807) is 12.1 Å². The monoisotopic (exact) mass is 333 g/mol. The molecule has 0 saturated heterocycles. The van der Waals surface area contributed by atoms with Crippen molar-refractivity contribution < 1.29 is 4.42 Å². The van der Waals surface area contributed by atoms with Gasteiger partial charge in [-0.25, -0.2) is 4.98 Å². The van der Waals surface area contributed by atoms with Gasteiger partial charge in [0.05, 0.1) is 0 Å². The summed E-state index contributed by atoms with van der Waals surface area (Å²) in [6, 6.07) is 13.4. The second kappa shape index (κ2) is 5.19. The first-order chi connectivity index (χ1) is 9.20. The van der Waals surface area contributed by atoms with Gasteiger partial charge in [0.1, 0.15) is 5.52 Å². The summed E-state index contributed by atoms with van der Waals surface area (Å²) in [5, 5.41) is 0.656. The number of aromatic nitrogens is 1. The fourth-order valence-corrected chi connectivity index (χ4v) is 2.35. The van der Waals surface area contributed by atoms with Gasteiger partial charge in [-0.15, -0.1) is 0 Å². The molecule has 3 rings (SSSR count). The summed E-state index contributed by atoms with van der Waals surface area (Å²) in [6.45, 7) is 0. The summed E-state index contributed by atoms with van der Waals surface area (Å²) in [5.74, 6) is 0.567. The molecule has 19 heavy (non-hydrogen) atoms. The lowest BCUT2D eigenvalue weighted by atomic mass is 10.2. The van der Waals surface area contributed by atoms with E-state index >= 15 is 0 Å². The number of nitrogens with zero attached hydrogens (tertiary/aromatic N) is 1. The summed E-state index contributed by atoms with van der Waals surface area (Å²) in [7, 11) is 0. The average Bonchev–Trinajstić information content (AvgIpc) is 2.78. The third-order valence-electron chi connectivity index (χ3n) is 2.63. The quantitative estimate of drug-likeness (QED) is 0.626. The van der Waals surface area contributed by atoms with Gasteiger partial charge in [-0.2, -0.15) is 0 Å². The highest BCUT2D eigenvalue weighted by Gasteiger charge is 2.03. The number of hydrogen-bond acceptors (Lipinski definition) is 2. The molecular weight excluding hydrogens is 326 g/mol. The molecule has 1 aromatic heterocycles. The molecule has 4 heteroatoms. The summed E-state index contributed by atoms with van der Waals surface area (Å²) in [4.78, 5) is 4.36. The summed E-state index contributed by atoms with van der Waals surface area (Å²) in [5.41, 5.74) is 2.58. The molecule has 0 radical (unpaired) electrons. The van der Waals surface area contributed by atoms with Crippen molar-refractivity contribution in [1.82, 2.24) is 4.98 Å². The van der Waals surface area contributed by atoms with E-state index in [-0.39, 0.29) is 0 Å². The zero-order valence-electron chi connectivity index (χ0n) is 9.81. The Hall–Kier alpha value is -1.58. The molecule has 0 amide bonds. The van der Waals surface area contributed by atoms with E-state index in [1.807, 2.05) is 42.5 Å². The molecule has 2 nitrogen and oxygen atoms in total. The number of rotatable bonds is 2. The number of hydrogen-bond donors (Lipinski definition) is 0. The Kier molecular flexibility index (Phi) is 3.40. The first-order valence-corrected chi connectivity index (χ1v) is 6.87. The Bertz CT molecular complexity index is 764. The number of oxazole rings is 1. The second-order valence-corrected chi connectivity index (χ2v) is 5.40. The summed E-state index contributed by atoms with van der Waals surface area (Å²) in [6.07, 6.45) is 3.80. The zero-order valence-corrected chi connectivity index (χ0v) is 12.1. The van der Waals surface area contributed by atoms with Crippen molar-refractivity contribution in [2.45, 2.75) is 0 Å². The van der Waals surface area contributed by atoms with E-state index in [2.05, 4.69) is 20.9 Å². The van der Waals surface area contributed by atoms with E-state index in [0.29, 0.717) is 10.9 Å². The maximum Gasteiger partial charge on any atom is 0.220 e. The van der Waals surface area contributed by atoms with Crippen molar-refractivity contribution in [1.29, 1.82) is 0 Å². The van der Waals surface area contributed by atoms with Crippen LogP contribution in [0.3, 0.4) is 0 Å². The van der Waals surface area contributed by atoms with Crippen LogP contribution in [0.25, 0.3) is 23.3 Å². The maximum absolute atomic E-state index is 5.91. The fourth-order valence-electron chi connectivity index (χ4n) is 1.77. The Morgan fingerprint density at radius 2 is 2.00 bits per heavy atom. The van der Waals surface area contributed by atoms with E-state index in [9.17, 15) is 0 Å². The fraction of sp³-hybridized carbons (Fsp3) is 0. The van der Waals surface area contributed by atoms with Crippen LogP contribution in [0.5, 0.6) is 0 Å². The van der Waals surface area contributed by atoms with Crippen molar-refractivity contribution in [2.24, 2.45) is 0 Å². The van der Waals surface area contributed by atoms with Crippen LogP contribution in [0, 0.1) is 0 Å². The van der Waals surface area contributed by atoms with Gasteiger partial charge in [0.25, 0.3) is 0 Å². The first-order valence-electron chi connectivity index (χ1n) is 5.70. The van der Waals surface area contributed by atoms with Crippen LogP contribution in [-0.4, -0.2) is 4.98 Å². The number of fused-ring (bicyclic) bond motifs is 1. The van der Waals surface area contributed by atoms with Gasteiger partial charge in [-0.1, -0.05) is 39.7 Å². The second-order valence-electron chi connectivity index (χ2n) is 4.05. The van der Waals surface area contributed by atoms with Crippen LogP contribution < -0.4 is 0 Å². The van der Waals surface area contributed by atoms with Gasteiger partial charge in [0, 0.05) is 15.6 Å². The first kappa shape index (κ1) is 12.5. The van der Waals surface area contributed by atoms with Crippen LogP contribution in [-0.2, 0) is 0 Å². The molecule has 0 spiro atoms. The van der Waals surface area contributed by atoms with Crippen LogP contribution in [0.4, 0.5) is 0 Å². The Morgan fingerprint density at radius 1 is 1.11 bits per heavy atom. The molecule has 0 fully saturated rings. The minimum Gasteiger partial charge on any atom is -0.437 e. The molecule has 94 valence electrons. The van der Waals surface area contributed by atoms with Crippen molar-refractivity contribution in [3.05, 3.63) is 63.4 Å². The lowest BCUT2D eigenvalue weighted by Gasteiger charge is -1.92. The predicted molar refractivity (Wildman–Crippen MR) is 82.1 cm³/mol. The molecule has 0 aliphatic carbocycles. The highest BCUT2D eigenvalue weighted by molar-refractivity contribution is 9.10. The molecule has 2 aromatic carbocycles. The van der Waals surface area contributed by atoms with Gasteiger partial charge in [-0.05, 0) is 42.0 Å². The molecule has 0 N–H and O–H groups in total. The minimum atomic E-state index is 0.567. The topological polar surface area (TPSA) is 26.0 Å². The van der Waals surface area contributed by atoms with E-state index in [1.165, 1.54) is 0 Å². The van der Waals surface area contributed by atoms with Crippen LogP contribution in [0.2, 0.25) is 5.02 Å². The number of benzene rings is 2. The van der Waals surface area contributed by atoms with Gasteiger partial charge in [0.15, 0.2) is 5.58 Å². The van der Waals surface area contributed by atoms with Crippen LogP contribution in [0.1, 0.15) is 11.5 Å². The predicted octanol–water partition coefficient (Wildman–Crippen LogP) is 5.41. The summed E-state index contributed by atoms with van der Waals surface area (Å²) >= 11 is 9.35. The third kappa shape index (κ3) is 2.88. The highest BCUT2D eigenvalue weighted by atomic mass is 79.9. The average molecular weight is 335 g/mol. The number of halogens is 2.